The third-order valence-electron chi connectivity index (χ3n) is 6.30. The smallest absolute Gasteiger partial charge is 0.329 e. The number of piperidine rings is 1. The first-order valence-corrected chi connectivity index (χ1v) is 10.7. The number of rotatable bonds is 2. The summed E-state index contributed by atoms with van der Waals surface area (Å²) < 4.78 is 3.49. The number of imidazole rings is 1. The molecule has 32 heavy (non-hydrogen) atoms. The number of carbonyl (C=O) groups excluding carboxylic acids is 1. The maximum Gasteiger partial charge on any atom is 0.329 e. The van der Waals surface area contributed by atoms with E-state index in [1.165, 1.54) is 0 Å². The number of amides is 2. The summed E-state index contributed by atoms with van der Waals surface area (Å²) in [6, 6.07) is 7.73. The minimum Gasteiger partial charge on any atom is -0.341 e. The second-order valence-corrected chi connectivity index (χ2v) is 8.23. The zero-order chi connectivity index (χ0) is 22.4. The molecule has 2 amide bonds. The number of hydrogen-bond donors (Lipinski definition) is 1. The Balaban J connectivity index is 1.65. The van der Waals surface area contributed by atoms with Crippen LogP contribution in [0.15, 0.2) is 41.5 Å². The zero-order valence-electron chi connectivity index (χ0n) is 18.4. The van der Waals surface area contributed by atoms with Gasteiger partial charge in [-0.15, -0.1) is 0 Å². The predicted octanol–water partition coefficient (Wildman–Crippen LogP) is 2.63. The summed E-state index contributed by atoms with van der Waals surface area (Å²) in [6.45, 7) is 3.15. The molecule has 1 fully saturated rings. The van der Waals surface area contributed by atoms with Crippen molar-refractivity contribution in [3.05, 3.63) is 52.8 Å². The summed E-state index contributed by atoms with van der Waals surface area (Å²) in [5.41, 5.74) is 5.55. The van der Waals surface area contributed by atoms with Gasteiger partial charge in [0.15, 0.2) is 0 Å². The molecule has 4 aromatic rings. The lowest BCUT2D eigenvalue weighted by Gasteiger charge is -2.32. The van der Waals surface area contributed by atoms with Gasteiger partial charge in [-0.1, -0.05) is 0 Å². The quantitative estimate of drug-likeness (QED) is 0.526. The Kier molecular flexibility index (Phi) is 4.88. The van der Waals surface area contributed by atoms with Crippen LogP contribution in [0.2, 0.25) is 0 Å². The first kappa shape index (κ1) is 20.2. The van der Waals surface area contributed by atoms with E-state index in [0.29, 0.717) is 31.4 Å². The van der Waals surface area contributed by atoms with E-state index >= 15 is 0 Å². The van der Waals surface area contributed by atoms with Crippen LogP contribution in [0.1, 0.15) is 24.6 Å². The van der Waals surface area contributed by atoms with Gasteiger partial charge in [-0.05, 0) is 44.0 Å². The van der Waals surface area contributed by atoms with Crippen molar-refractivity contribution in [2.24, 2.45) is 7.05 Å². The largest absolute Gasteiger partial charge is 0.341 e. The minimum absolute atomic E-state index is 0.01000. The van der Waals surface area contributed by atoms with Gasteiger partial charge in [-0.3, -0.25) is 19.1 Å². The summed E-state index contributed by atoms with van der Waals surface area (Å²) in [6.07, 6.45) is 4.96. The molecule has 164 valence electrons. The lowest BCUT2D eigenvalue weighted by Crippen LogP contribution is -2.44. The van der Waals surface area contributed by atoms with Crippen LogP contribution in [0, 0.1) is 6.92 Å². The van der Waals surface area contributed by atoms with Crippen LogP contribution in [0.5, 0.6) is 0 Å². The molecule has 1 saturated heterocycles. The minimum atomic E-state index is -0.0862. The molecule has 0 spiro atoms. The molecule has 9 nitrogen and oxygen atoms in total. The number of urea groups is 1. The fraction of sp³-hybridized carbons (Fsp3) is 0.348. The molecule has 5 rings (SSSR count). The van der Waals surface area contributed by atoms with E-state index in [4.69, 9.17) is 4.98 Å². The van der Waals surface area contributed by atoms with Crippen LogP contribution >= 0.6 is 0 Å². The molecule has 4 aromatic heterocycles. The second kappa shape index (κ2) is 7.74. The normalized spacial score (nSPS) is 14.9. The van der Waals surface area contributed by atoms with Crippen LogP contribution in [0.25, 0.3) is 33.3 Å². The van der Waals surface area contributed by atoms with Crippen molar-refractivity contribution in [1.82, 2.24) is 34.3 Å². The fourth-order valence-corrected chi connectivity index (χ4v) is 4.49. The molecule has 0 aliphatic carbocycles. The zero-order valence-corrected chi connectivity index (χ0v) is 18.4. The summed E-state index contributed by atoms with van der Waals surface area (Å²) >= 11 is 0. The average Bonchev–Trinajstić information content (AvgIpc) is 3.09. The van der Waals surface area contributed by atoms with Gasteiger partial charge in [0, 0.05) is 50.7 Å². The molecular formula is C23H25N7O2. The Bertz CT molecular complexity index is 1380. The average molecular weight is 432 g/mol. The molecule has 0 aromatic carbocycles. The lowest BCUT2D eigenvalue weighted by atomic mass is 10.0. The Morgan fingerprint density at radius 1 is 1.09 bits per heavy atom. The van der Waals surface area contributed by atoms with Gasteiger partial charge in [0.2, 0.25) is 0 Å². The molecule has 0 unspecified atom stereocenters. The van der Waals surface area contributed by atoms with E-state index in [1.54, 1.807) is 29.8 Å². The molecule has 9 heteroatoms. The molecule has 1 aliphatic rings. The van der Waals surface area contributed by atoms with Gasteiger partial charge in [-0.25, -0.2) is 14.6 Å². The first-order chi connectivity index (χ1) is 15.5. The van der Waals surface area contributed by atoms with Crippen molar-refractivity contribution in [1.29, 1.82) is 0 Å². The van der Waals surface area contributed by atoms with Gasteiger partial charge < -0.3 is 10.2 Å². The molecule has 0 saturated carbocycles. The molecule has 1 N–H and O–H groups in total. The van der Waals surface area contributed by atoms with E-state index < -0.39 is 0 Å². The number of nitrogens with zero attached hydrogens (tertiary/aromatic N) is 6. The Morgan fingerprint density at radius 3 is 2.56 bits per heavy atom. The number of carbonyl (C=O) groups is 1. The summed E-state index contributed by atoms with van der Waals surface area (Å²) in [5, 5.41) is 2.67. The van der Waals surface area contributed by atoms with Crippen LogP contribution in [0.4, 0.5) is 4.79 Å². The van der Waals surface area contributed by atoms with E-state index in [1.807, 2.05) is 42.0 Å². The highest BCUT2D eigenvalue weighted by molar-refractivity contribution is 6.00. The van der Waals surface area contributed by atoms with E-state index in [2.05, 4.69) is 15.3 Å². The molecule has 0 bridgehead atoms. The third-order valence-corrected chi connectivity index (χ3v) is 6.30. The molecule has 5 heterocycles. The van der Waals surface area contributed by atoms with Gasteiger partial charge in [-0.2, -0.15) is 0 Å². The number of aromatic nitrogens is 5. The van der Waals surface area contributed by atoms with Gasteiger partial charge in [0.05, 0.1) is 28.4 Å². The number of fused-ring (bicyclic) bond motifs is 3. The highest BCUT2D eigenvalue weighted by atomic mass is 16.2. The van der Waals surface area contributed by atoms with Crippen molar-refractivity contribution in [2.45, 2.75) is 25.8 Å². The van der Waals surface area contributed by atoms with Crippen molar-refractivity contribution < 1.29 is 4.79 Å². The number of nitrogens with one attached hydrogen (secondary N) is 1. The van der Waals surface area contributed by atoms with Gasteiger partial charge in [0.25, 0.3) is 0 Å². The maximum atomic E-state index is 13.3. The summed E-state index contributed by atoms with van der Waals surface area (Å²) in [4.78, 5) is 40.9. The van der Waals surface area contributed by atoms with Crippen molar-refractivity contribution in [2.75, 3.05) is 20.1 Å². The van der Waals surface area contributed by atoms with Crippen molar-refractivity contribution >= 4 is 28.1 Å². The fourth-order valence-electron chi connectivity index (χ4n) is 4.49. The predicted molar refractivity (Wildman–Crippen MR) is 123 cm³/mol. The second-order valence-electron chi connectivity index (χ2n) is 8.23. The molecule has 0 atom stereocenters. The van der Waals surface area contributed by atoms with Gasteiger partial charge in [0.1, 0.15) is 5.52 Å². The summed E-state index contributed by atoms with van der Waals surface area (Å²) in [5.74, 6) is 0. The van der Waals surface area contributed by atoms with Crippen LogP contribution in [-0.4, -0.2) is 55.2 Å². The van der Waals surface area contributed by atoms with E-state index in [9.17, 15) is 9.59 Å². The lowest BCUT2D eigenvalue weighted by molar-refractivity contribution is 0.173. The third kappa shape index (κ3) is 3.21. The van der Waals surface area contributed by atoms with Crippen LogP contribution in [-0.2, 0) is 7.05 Å². The first-order valence-electron chi connectivity index (χ1n) is 10.7. The highest BCUT2D eigenvalue weighted by Gasteiger charge is 2.27. The highest BCUT2D eigenvalue weighted by Crippen LogP contribution is 2.30. The Hall–Kier alpha value is -3.75. The maximum absolute atomic E-state index is 13.3. The SMILES string of the molecule is CNC(=O)N1CCC(n2c(=O)n(C)c3cnc4ccc(-c5ccc(C)nc5)nc4c32)CC1. The van der Waals surface area contributed by atoms with Crippen LogP contribution in [0.3, 0.4) is 0 Å². The summed E-state index contributed by atoms with van der Waals surface area (Å²) in [7, 11) is 3.40. The van der Waals surface area contributed by atoms with E-state index in [-0.39, 0.29) is 17.8 Å². The Labute approximate surface area is 184 Å². The number of aryl methyl sites for hydroxylation is 2. The topological polar surface area (TPSA) is 97.9 Å². The van der Waals surface area contributed by atoms with Crippen molar-refractivity contribution in [3.63, 3.8) is 0 Å². The number of likely N-dealkylation sites (tertiary alicyclic amines) is 1. The molecule has 0 radical (unpaired) electrons. The van der Waals surface area contributed by atoms with Crippen LogP contribution < -0.4 is 11.0 Å². The number of hydrogen-bond acceptors (Lipinski definition) is 5. The Morgan fingerprint density at radius 2 is 1.88 bits per heavy atom. The number of pyridine rings is 3. The molecular weight excluding hydrogens is 406 g/mol. The standard InChI is InChI=1S/C23H25N7O2/c1-14-4-5-15(12-25-14)17-6-7-18-20(27-17)21-19(13-26-18)28(3)23(32)30(21)16-8-10-29(11-9-16)22(31)24-2/h4-7,12-13,16H,8-11H2,1-3H3,(H,24,31). The monoisotopic (exact) mass is 431 g/mol. The van der Waals surface area contributed by atoms with Crippen molar-refractivity contribution in [3.8, 4) is 11.3 Å². The molecule has 1 aliphatic heterocycles. The van der Waals surface area contributed by atoms with E-state index in [0.717, 1.165) is 33.5 Å². The van der Waals surface area contributed by atoms with Gasteiger partial charge >= 0.3 is 11.7 Å².